The molecule has 0 aromatic heterocycles. The molecule has 110 valence electrons. The molecule has 0 radical (unpaired) electrons. The van der Waals surface area contributed by atoms with Gasteiger partial charge in [-0.3, -0.25) is 0 Å². The third-order valence-electron chi connectivity index (χ3n) is 4.88. The van der Waals surface area contributed by atoms with E-state index in [4.69, 9.17) is 5.73 Å². The van der Waals surface area contributed by atoms with Crippen LogP contribution in [0.4, 0.5) is 4.39 Å². The Morgan fingerprint density at radius 3 is 2.33 bits per heavy atom. The summed E-state index contributed by atoms with van der Waals surface area (Å²) in [4.78, 5) is 0. The van der Waals surface area contributed by atoms with E-state index in [-0.39, 0.29) is 11.4 Å². The Balaban J connectivity index is 1.76. The third-order valence-corrected chi connectivity index (χ3v) is 4.88. The quantitative estimate of drug-likeness (QED) is 0.853. The van der Waals surface area contributed by atoms with Crippen molar-refractivity contribution in [2.75, 3.05) is 0 Å². The molecule has 0 heterocycles. The summed E-state index contributed by atoms with van der Waals surface area (Å²) >= 11 is 0. The predicted molar refractivity (Wildman–Crippen MR) is 84.7 cm³/mol. The number of aryl methyl sites for hydroxylation is 1. The van der Waals surface area contributed by atoms with Gasteiger partial charge >= 0.3 is 0 Å². The van der Waals surface area contributed by atoms with Crippen LogP contribution in [0, 0.1) is 12.7 Å². The van der Waals surface area contributed by atoms with Gasteiger partial charge in [0, 0.05) is 5.54 Å². The monoisotopic (exact) mass is 283 g/mol. The molecule has 2 heteroatoms. The van der Waals surface area contributed by atoms with Crippen LogP contribution in [0.2, 0.25) is 0 Å². The summed E-state index contributed by atoms with van der Waals surface area (Å²) in [7, 11) is 0. The van der Waals surface area contributed by atoms with E-state index in [0.29, 0.717) is 11.5 Å². The SMILES string of the molecule is Cc1cc(C2(N)CCC(c3ccccc3)CC2)ccc1F. The molecule has 1 saturated carbocycles. The van der Waals surface area contributed by atoms with Crippen molar-refractivity contribution in [3.8, 4) is 0 Å². The van der Waals surface area contributed by atoms with Gasteiger partial charge in [-0.15, -0.1) is 0 Å². The standard InChI is InChI=1S/C19H22FN/c1-14-13-17(7-8-18(14)20)19(21)11-9-16(10-12-19)15-5-3-2-4-6-15/h2-8,13,16H,9-12,21H2,1H3. The van der Waals surface area contributed by atoms with Crippen LogP contribution in [0.5, 0.6) is 0 Å². The smallest absolute Gasteiger partial charge is 0.126 e. The molecule has 0 saturated heterocycles. The number of halogens is 1. The molecule has 1 fully saturated rings. The van der Waals surface area contributed by atoms with Crippen molar-refractivity contribution in [1.29, 1.82) is 0 Å². The topological polar surface area (TPSA) is 26.0 Å². The fraction of sp³-hybridized carbons (Fsp3) is 0.368. The Labute approximate surface area is 126 Å². The molecule has 0 atom stereocenters. The van der Waals surface area contributed by atoms with Crippen molar-refractivity contribution in [2.24, 2.45) is 5.73 Å². The first kappa shape index (κ1) is 14.3. The maximum Gasteiger partial charge on any atom is 0.126 e. The summed E-state index contributed by atoms with van der Waals surface area (Å²) in [6.07, 6.45) is 4.10. The maximum atomic E-state index is 13.4. The molecule has 0 amide bonds. The number of nitrogens with two attached hydrogens (primary N) is 1. The van der Waals surface area contributed by atoms with Gasteiger partial charge in [-0.1, -0.05) is 42.5 Å². The highest BCUT2D eigenvalue weighted by Gasteiger charge is 2.33. The highest BCUT2D eigenvalue weighted by molar-refractivity contribution is 5.31. The zero-order valence-corrected chi connectivity index (χ0v) is 12.5. The second-order valence-electron chi connectivity index (χ2n) is 6.31. The van der Waals surface area contributed by atoms with Gasteiger partial charge in [-0.25, -0.2) is 4.39 Å². The first-order valence-electron chi connectivity index (χ1n) is 7.69. The fourth-order valence-corrected chi connectivity index (χ4v) is 3.43. The van der Waals surface area contributed by atoms with Gasteiger partial charge in [0.25, 0.3) is 0 Å². The summed E-state index contributed by atoms with van der Waals surface area (Å²) in [6, 6.07) is 16.0. The minimum Gasteiger partial charge on any atom is -0.321 e. The van der Waals surface area contributed by atoms with Crippen molar-refractivity contribution in [3.63, 3.8) is 0 Å². The molecule has 1 aliphatic carbocycles. The highest BCUT2D eigenvalue weighted by Crippen LogP contribution is 2.41. The predicted octanol–water partition coefficient (Wildman–Crippen LogP) is 4.65. The first-order chi connectivity index (χ1) is 10.1. The third kappa shape index (κ3) is 2.86. The summed E-state index contributed by atoms with van der Waals surface area (Å²) in [5.41, 5.74) is 9.49. The summed E-state index contributed by atoms with van der Waals surface area (Å²) in [6.45, 7) is 1.80. The molecule has 0 unspecified atom stereocenters. The lowest BCUT2D eigenvalue weighted by atomic mass is 9.71. The Morgan fingerprint density at radius 2 is 1.71 bits per heavy atom. The Kier molecular flexibility index (Phi) is 3.81. The Bertz CT molecular complexity index is 613. The van der Waals surface area contributed by atoms with Crippen molar-refractivity contribution >= 4 is 0 Å². The van der Waals surface area contributed by atoms with E-state index in [1.807, 2.05) is 12.1 Å². The van der Waals surface area contributed by atoms with E-state index in [0.717, 1.165) is 31.2 Å². The molecule has 0 spiro atoms. The molecule has 1 aliphatic rings. The van der Waals surface area contributed by atoms with Gasteiger partial charge in [-0.2, -0.15) is 0 Å². The minimum atomic E-state index is -0.302. The summed E-state index contributed by atoms with van der Waals surface area (Å²) in [5, 5.41) is 0. The number of hydrogen-bond donors (Lipinski definition) is 1. The molecule has 2 aromatic rings. The zero-order chi connectivity index (χ0) is 14.9. The van der Waals surface area contributed by atoms with Gasteiger partial charge in [0.15, 0.2) is 0 Å². The maximum absolute atomic E-state index is 13.4. The molecular formula is C19H22FN. The van der Waals surface area contributed by atoms with E-state index in [9.17, 15) is 4.39 Å². The second kappa shape index (κ2) is 5.61. The lowest BCUT2D eigenvalue weighted by molar-refractivity contribution is 0.276. The molecule has 2 aromatic carbocycles. The normalized spacial score (nSPS) is 25.8. The lowest BCUT2D eigenvalue weighted by Crippen LogP contribution is -2.40. The van der Waals surface area contributed by atoms with Gasteiger partial charge in [0.05, 0.1) is 0 Å². The average Bonchev–Trinajstić information content (AvgIpc) is 2.51. The van der Waals surface area contributed by atoms with Crippen molar-refractivity contribution in [2.45, 2.75) is 44.1 Å². The van der Waals surface area contributed by atoms with E-state index in [1.54, 1.807) is 13.0 Å². The largest absolute Gasteiger partial charge is 0.321 e. The number of benzene rings is 2. The number of hydrogen-bond acceptors (Lipinski definition) is 1. The van der Waals surface area contributed by atoms with Crippen LogP contribution in [0.3, 0.4) is 0 Å². The van der Waals surface area contributed by atoms with Crippen LogP contribution < -0.4 is 5.73 Å². The van der Waals surface area contributed by atoms with Crippen LogP contribution in [-0.4, -0.2) is 0 Å². The zero-order valence-electron chi connectivity index (χ0n) is 12.5. The average molecular weight is 283 g/mol. The van der Waals surface area contributed by atoms with Crippen LogP contribution in [0.15, 0.2) is 48.5 Å². The van der Waals surface area contributed by atoms with Gasteiger partial charge in [0.1, 0.15) is 5.82 Å². The van der Waals surface area contributed by atoms with E-state index < -0.39 is 0 Å². The first-order valence-corrected chi connectivity index (χ1v) is 7.69. The molecule has 0 aliphatic heterocycles. The molecule has 0 bridgehead atoms. The molecule has 3 rings (SSSR count). The summed E-state index contributed by atoms with van der Waals surface area (Å²) in [5.74, 6) is 0.449. The lowest BCUT2D eigenvalue weighted by Gasteiger charge is -2.38. The van der Waals surface area contributed by atoms with Crippen molar-refractivity contribution < 1.29 is 4.39 Å². The summed E-state index contributed by atoms with van der Waals surface area (Å²) < 4.78 is 13.4. The molecule has 2 N–H and O–H groups in total. The molecular weight excluding hydrogens is 261 g/mol. The van der Waals surface area contributed by atoms with Crippen LogP contribution in [0.1, 0.15) is 48.3 Å². The Morgan fingerprint density at radius 1 is 1.05 bits per heavy atom. The number of rotatable bonds is 2. The van der Waals surface area contributed by atoms with E-state index in [2.05, 4.69) is 30.3 Å². The van der Waals surface area contributed by atoms with Gasteiger partial charge in [-0.05, 0) is 61.3 Å². The second-order valence-corrected chi connectivity index (χ2v) is 6.31. The van der Waals surface area contributed by atoms with E-state index >= 15 is 0 Å². The van der Waals surface area contributed by atoms with Crippen molar-refractivity contribution in [1.82, 2.24) is 0 Å². The van der Waals surface area contributed by atoms with Gasteiger partial charge in [0.2, 0.25) is 0 Å². The van der Waals surface area contributed by atoms with Crippen LogP contribution in [0.25, 0.3) is 0 Å². The highest BCUT2D eigenvalue weighted by atomic mass is 19.1. The van der Waals surface area contributed by atoms with Gasteiger partial charge < -0.3 is 5.73 Å². The Hall–Kier alpha value is -1.67. The van der Waals surface area contributed by atoms with Crippen molar-refractivity contribution in [3.05, 3.63) is 71.0 Å². The van der Waals surface area contributed by atoms with Crippen LogP contribution >= 0.6 is 0 Å². The van der Waals surface area contributed by atoms with E-state index in [1.165, 1.54) is 5.56 Å². The molecule has 21 heavy (non-hydrogen) atoms. The molecule has 1 nitrogen and oxygen atoms in total. The van der Waals surface area contributed by atoms with Crippen LogP contribution in [-0.2, 0) is 5.54 Å². The minimum absolute atomic E-state index is 0.152. The fourth-order valence-electron chi connectivity index (χ4n) is 3.43.